The Morgan fingerprint density at radius 3 is 2.57 bits per heavy atom. The lowest BCUT2D eigenvalue weighted by atomic mass is 10.2. The van der Waals surface area contributed by atoms with Gasteiger partial charge in [0.15, 0.2) is 0 Å². The summed E-state index contributed by atoms with van der Waals surface area (Å²) < 4.78 is 0. The van der Waals surface area contributed by atoms with Gasteiger partial charge in [-0.1, -0.05) is 35.3 Å². The van der Waals surface area contributed by atoms with Crippen molar-refractivity contribution in [2.45, 2.75) is 6.54 Å². The van der Waals surface area contributed by atoms with E-state index in [4.69, 9.17) is 23.2 Å². The molecule has 1 heterocycles. The Hall–Kier alpha value is -2.17. The van der Waals surface area contributed by atoms with E-state index in [-0.39, 0.29) is 5.91 Å². The van der Waals surface area contributed by atoms with Crippen molar-refractivity contribution < 1.29 is 4.79 Å². The molecule has 0 N–H and O–H groups in total. The van der Waals surface area contributed by atoms with Gasteiger partial charge in [-0.3, -0.25) is 9.78 Å². The second kappa shape index (κ2) is 6.52. The normalized spacial score (nSPS) is 10.7. The number of fused-ring (bicyclic) bond motifs is 1. The van der Waals surface area contributed by atoms with E-state index < -0.39 is 0 Å². The van der Waals surface area contributed by atoms with Gasteiger partial charge in [-0.15, -0.1) is 0 Å². The van der Waals surface area contributed by atoms with Gasteiger partial charge < -0.3 is 4.90 Å². The summed E-state index contributed by atoms with van der Waals surface area (Å²) in [6, 6.07) is 12.4. The predicted molar refractivity (Wildman–Crippen MR) is 91.8 cm³/mol. The SMILES string of the molecule is CN(Cc1cnc2ccccc2n1)C(=O)c1ccc(Cl)c(Cl)c1. The minimum atomic E-state index is -0.154. The Labute approximate surface area is 143 Å². The number of halogens is 2. The summed E-state index contributed by atoms with van der Waals surface area (Å²) >= 11 is 11.8. The van der Waals surface area contributed by atoms with Crippen LogP contribution in [0, 0.1) is 0 Å². The summed E-state index contributed by atoms with van der Waals surface area (Å²) in [6.07, 6.45) is 1.68. The molecule has 3 rings (SSSR count). The molecule has 0 aliphatic rings. The number of hydrogen-bond acceptors (Lipinski definition) is 3. The van der Waals surface area contributed by atoms with Crippen molar-refractivity contribution in [3.63, 3.8) is 0 Å². The van der Waals surface area contributed by atoms with Crippen LogP contribution in [0.2, 0.25) is 10.0 Å². The molecule has 1 aromatic heterocycles. The van der Waals surface area contributed by atoms with E-state index >= 15 is 0 Å². The number of para-hydroxylation sites is 2. The number of nitrogens with zero attached hydrogens (tertiary/aromatic N) is 3. The molecule has 23 heavy (non-hydrogen) atoms. The van der Waals surface area contributed by atoms with E-state index in [1.165, 1.54) is 0 Å². The average molecular weight is 346 g/mol. The van der Waals surface area contributed by atoms with E-state index in [1.54, 1.807) is 36.3 Å². The van der Waals surface area contributed by atoms with Crippen molar-refractivity contribution in [2.75, 3.05) is 7.05 Å². The Balaban J connectivity index is 1.80. The first-order chi connectivity index (χ1) is 11.0. The molecular formula is C17H13Cl2N3O. The van der Waals surface area contributed by atoms with Crippen LogP contribution in [-0.2, 0) is 6.54 Å². The largest absolute Gasteiger partial charge is 0.336 e. The van der Waals surface area contributed by atoms with Crippen LogP contribution in [0.4, 0.5) is 0 Å². The smallest absolute Gasteiger partial charge is 0.254 e. The van der Waals surface area contributed by atoms with Crippen molar-refractivity contribution in [1.82, 2.24) is 14.9 Å². The Kier molecular flexibility index (Phi) is 4.46. The highest BCUT2D eigenvalue weighted by atomic mass is 35.5. The lowest BCUT2D eigenvalue weighted by Gasteiger charge is -2.17. The highest BCUT2D eigenvalue weighted by Crippen LogP contribution is 2.23. The number of aromatic nitrogens is 2. The summed E-state index contributed by atoms with van der Waals surface area (Å²) in [6.45, 7) is 0.358. The summed E-state index contributed by atoms with van der Waals surface area (Å²) in [5, 5.41) is 0.780. The standard InChI is InChI=1S/C17H13Cl2N3O/c1-22(17(23)11-6-7-13(18)14(19)8-11)10-12-9-20-15-4-2-3-5-16(15)21-12/h2-9H,10H2,1H3. The van der Waals surface area contributed by atoms with Crippen LogP contribution in [0.1, 0.15) is 16.1 Å². The molecule has 0 atom stereocenters. The van der Waals surface area contributed by atoms with Crippen LogP contribution in [0.15, 0.2) is 48.7 Å². The van der Waals surface area contributed by atoms with Crippen LogP contribution in [0.25, 0.3) is 11.0 Å². The first-order valence-electron chi connectivity index (χ1n) is 6.96. The molecule has 0 aliphatic carbocycles. The third kappa shape index (κ3) is 3.44. The van der Waals surface area contributed by atoms with E-state index in [9.17, 15) is 4.79 Å². The molecule has 0 unspecified atom stereocenters. The summed E-state index contributed by atoms with van der Waals surface area (Å²) in [5.41, 5.74) is 2.84. The van der Waals surface area contributed by atoms with Gasteiger partial charge in [0, 0.05) is 12.6 Å². The molecule has 0 fully saturated rings. The van der Waals surface area contributed by atoms with Gasteiger partial charge in [-0.2, -0.15) is 0 Å². The van der Waals surface area contributed by atoms with E-state index in [2.05, 4.69) is 9.97 Å². The molecule has 3 aromatic rings. The molecule has 0 saturated carbocycles. The number of benzene rings is 2. The second-order valence-electron chi connectivity index (χ2n) is 5.14. The van der Waals surface area contributed by atoms with Crippen molar-refractivity contribution in [1.29, 1.82) is 0 Å². The molecule has 0 bridgehead atoms. The molecular weight excluding hydrogens is 333 g/mol. The van der Waals surface area contributed by atoms with Gasteiger partial charge in [0.2, 0.25) is 0 Å². The van der Waals surface area contributed by atoms with Crippen LogP contribution < -0.4 is 0 Å². The van der Waals surface area contributed by atoms with Gasteiger partial charge in [0.1, 0.15) is 0 Å². The first-order valence-corrected chi connectivity index (χ1v) is 7.71. The minimum absolute atomic E-state index is 0.154. The Morgan fingerprint density at radius 2 is 1.83 bits per heavy atom. The van der Waals surface area contributed by atoms with Crippen molar-refractivity contribution in [2.24, 2.45) is 0 Å². The lowest BCUT2D eigenvalue weighted by Crippen LogP contribution is -2.26. The van der Waals surface area contributed by atoms with Gasteiger partial charge in [0.25, 0.3) is 5.91 Å². The molecule has 116 valence electrons. The first kappa shape index (κ1) is 15.7. The maximum atomic E-state index is 12.5. The highest BCUT2D eigenvalue weighted by molar-refractivity contribution is 6.42. The molecule has 6 heteroatoms. The number of hydrogen-bond donors (Lipinski definition) is 0. The summed E-state index contributed by atoms with van der Waals surface area (Å²) in [4.78, 5) is 22.9. The topological polar surface area (TPSA) is 46.1 Å². The number of amides is 1. The molecule has 0 radical (unpaired) electrons. The number of rotatable bonds is 3. The summed E-state index contributed by atoms with van der Waals surface area (Å²) in [7, 11) is 1.71. The van der Waals surface area contributed by atoms with Gasteiger partial charge in [-0.25, -0.2) is 4.98 Å². The fourth-order valence-electron chi connectivity index (χ4n) is 2.24. The average Bonchev–Trinajstić information content (AvgIpc) is 2.56. The van der Waals surface area contributed by atoms with Crippen molar-refractivity contribution >= 4 is 40.1 Å². The monoisotopic (exact) mass is 345 g/mol. The zero-order valence-corrected chi connectivity index (χ0v) is 13.8. The fraction of sp³-hybridized carbons (Fsp3) is 0.118. The van der Waals surface area contributed by atoms with Crippen LogP contribution in [0.5, 0.6) is 0 Å². The lowest BCUT2D eigenvalue weighted by molar-refractivity contribution is 0.0783. The fourth-order valence-corrected chi connectivity index (χ4v) is 2.53. The maximum absolute atomic E-state index is 12.5. The van der Waals surface area contributed by atoms with Crippen molar-refractivity contribution in [3.05, 3.63) is 70.0 Å². The number of carbonyl (C=O) groups excluding carboxylic acids is 1. The maximum Gasteiger partial charge on any atom is 0.254 e. The van der Waals surface area contributed by atoms with Crippen LogP contribution >= 0.6 is 23.2 Å². The van der Waals surface area contributed by atoms with Gasteiger partial charge in [-0.05, 0) is 30.3 Å². The van der Waals surface area contributed by atoms with E-state index in [0.29, 0.717) is 22.2 Å². The molecule has 0 spiro atoms. The zero-order valence-electron chi connectivity index (χ0n) is 12.3. The van der Waals surface area contributed by atoms with E-state index in [0.717, 1.165) is 16.7 Å². The van der Waals surface area contributed by atoms with Crippen LogP contribution in [-0.4, -0.2) is 27.8 Å². The second-order valence-corrected chi connectivity index (χ2v) is 5.95. The van der Waals surface area contributed by atoms with Gasteiger partial charge >= 0.3 is 0 Å². The molecule has 0 saturated heterocycles. The van der Waals surface area contributed by atoms with Crippen LogP contribution in [0.3, 0.4) is 0 Å². The predicted octanol–water partition coefficient (Wildman–Crippen LogP) is 4.21. The van der Waals surface area contributed by atoms with Crippen molar-refractivity contribution in [3.8, 4) is 0 Å². The molecule has 2 aromatic carbocycles. The Bertz CT molecular complexity index is 883. The Morgan fingerprint density at radius 1 is 1.09 bits per heavy atom. The third-order valence-electron chi connectivity index (χ3n) is 3.41. The molecule has 0 aliphatic heterocycles. The molecule has 1 amide bonds. The quantitative estimate of drug-likeness (QED) is 0.714. The zero-order chi connectivity index (χ0) is 16.4. The van der Waals surface area contributed by atoms with Gasteiger partial charge in [0.05, 0.1) is 39.5 Å². The molecule has 4 nitrogen and oxygen atoms in total. The van der Waals surface area contributed by atoms with E-state index in [1.807, 2.05) is 24.3 Å². The highest BCUT2D eigenvalue weighted by Gasteiger charge is 2.14. The number of carbonyl (C=O) groups is 1. The summed E-state index contributed by atoms with van der Waals surface area (Å²) in [5.74, 6) is -0.154. The third-order valence-corrected chi connectivity index (χ3v) is 4.15. The minimum Gasteiger partial charge on any atom is -0.336 e.